The third kappa shape index (κ3) is 1.95. The lowest BCUT2D eigenvalue weighted by atomic mass is 10.0. The molecule has 0 spiro atoms. The molecule has 2 aliphatic rings. The van der Waals surface area contributed by atoms with Crippen LogP contribution in [0.25, 0.3) is 0 Å². The van der Waals surface area contributed by atoms with E-state index in [1.807, 2.05) is 6.07 Å². The number of halogens is 2. The van der Waals surface area contributed by atoms with Crippen molar-refractivity contribution in [1.82, 2.24) is 0 Å². The van der Waals surface area contributed by atoms with Gasteiger partial charge in [0.1, 0.15) is 0 Å². The molecular weight excluding hydrogens is 249 g/mol. The molecule has 0 bridgehead atoms. The number of fused-ring (bicyclic) bond motifs is 1. The summed E-state index contributed by atoms with van der Waals surface area (Å²) in [5.41, 5.74) is 7.09. The van der Waals surface area contributed by atoms with E-state index in [1.54, 1.807) is 6.07 Å². The van der Waals surface area contributed by atoms with Crippen LogP contribution in [-0.2, 0) is 0 Å². The van der Waals surface area contributed by atoms with Crippen LogP contribution in [0.5, 0.6) is 11.5 Å². The molecular formula is C11H13Cl2NO2. The molecule has 88 valence electrons. The molecule has 1 aromatic rings. The highest BCUT2D eigenvalue weighted by Gasteiger charge is 2.32. The number of ether oxygens (including phenoxy) is 2. The molecule has 5 heteroatoms. The monoisotopic (exact) mass is 261 g/mol. The lowest BCUT2D eigenvalue weighted by molar-refractivity contribution is 0.174. The largest absolute Gasteiger partial charge is 0.454 e. The Kier molecular flexibility index (Phi) is 3.19. The second-order valence-electron chi connectivity index (χ2n) is 4.09. The van der Waals surface area contributed by atoms with Crippen LogP contribution in [0.1, 0.15) is 24.4 Å². The number of benzene rings is 1. The predicted molar refractivity (Wildman–Crippen MR) is 64.5 cm³/mol. The van der Waals surface area contributed by atoms with E-state index in [4.69, 9.17) is 26.8 Å². The van der Waals surface area contributed by atoms with Crippen LogP contribution in [0.3, 0.4) is 0 Å². The molecule has 0 unspecified atom stereocenters. The van der Waals surface area contributed by atoms with Gasteiger partial charge >= 0.3 is 0 Å². The highest BCUT2D eigenvalue weighted by atomic mass is 35.5. The van der Waals surface area contributed by atoms with Gasteiger partial charge in [0, 0.05) is 17.1 Å². The number of hydrogen-bond acceptors (Lipinski definition) is 3. The number of rotatable bonds is 2. The van der Waals surface area contributed by atoms with Gasteiger partial charge < -0.3 is 15.2 Å². The molecule has 1 atom stereocenters. The van der Waals surface area contributed by atoms with Crippen molar-refractivity contribution < 1.29 is 9.47 Å². The highest BCUT2D eigenvalue weighted by molar-refractivity contribution is 6.31. The van der Waals surface area contributed by atoms with E-state index in [2.05, 4.69) is 0 Å². The van der Waals surface area contributed by atoms with E-state index in [1.165, 1.54) is 12.8 Å². The minimum atomic E-state index is 0. The highest BCUT2D eigenvalue weighted by Crippen LogP contribution is 2.45. The molecule has 0 radical (unpaired) electrons. The first kappa shape index (κ1) is 11.8. The third-order valence-electron chi connectivity index (χ3n) is 2.98. The van der Waals surface area contributed by atoms with E-state index in [9.17, 15) is 0 Å². The molecule has 2 N–H and O–H groups in total. The van der Waals surface area contributed by atoms with Crippen LogP contribution in [0, 0.1) is 5.92 Å². The van der Waals surface area contributed by atoms with E-state index in [-0.39, 0.29) is 25.2 Å². The molecule has 1 fully saturated rings. The molecule has 1 heterocycles. The van der Waals surface area contributed by atoms with Crippen molar-refractivity contribution in [1.29, 1.82) is 0 Å². The van der Waals surface area contributed by atoms with E-state index in [0.29, 0.717) is 16.7 Å². The first-order valence-corrected chi connectivity index (χ1v) is 5.48. The first-order chi connectivity index (χ1) is 7.25. The van der Waals surface area contributed by atoms with E-state index in [0.717, 1.165) is 11.3 Å². The fourth-order valence-corrected chi connectivity index (χ4v) is 2.18. The second-order valence-corrected chi connectivity index (χ2v) is 4.50. The minimum Gasteiger partial charge on any atom is -0.454 e. The Morgan fingerprint density at radius 3 is 2.50 bits per heavy atom. The summed E-state index contributed by atoms with van der Waals surface area (Å²) in [5, 5.41) is 0.679. The second kappa shape index (κ2) is 4.32. The molecule has 1 aliphatic carbocycles. The van der Waals surface area contributed by atoms with Crippen LogP contribution in [0.15, 0.2) is 12.1 Å². The lowest BCUT2D eigenvalue weighted by Crippen LogP contribution is -2.12. The molecule has 16 heavy (non-hydrogen) atoms. The van der Waals surface area contributed by atoms with Crippen LogP contribution in [-0.4, -0.2) is 6.79 Å². The Bertz CT molecular complexity index is 407. The zero-order valence-electron chi connectivity index (χ0n) is 8.61. The zero-order chi connectivity index (χ0) is 10.4. The van der Waals surface area contributed by atoms with Gasteiger partial charge in [-0.05, 0) is 30.4 Å². The maximum atomic E-state index is 6.16. The number of hydrogen-bond donors (Lipinski definition) is 1. The first-order valence-electron chi connectivity index (χ1n) is 5.10. The van der Waals surface area contributed by atoms with Crippen molar-refractivity contribution >= 4 is 24.0 Å². The van der Waals surface area contributed by atoms with Crippen molar-refractivity contribution in [2.45, 2.75) is 18.9 Å². The molecule has 1 saturated carbocycles. The molecule has 3 nitrogen and oxygen atoms in total. The van der Waals surface area contributed by atoms with Gasteiger partial charge in [0.2, 0.25) is 6.79 Å². The minimum absolute atomic E-state index is 0. The third-order valence-corrected chi connectivity index (χ3v) is 3.31. The Balaban J connectivity index is 0.000000963. The summed E-state index contributed by atoms with van der Waals surface area (Å²) in [5.74, 6) is 2.06. The van der Waals surface area contributed by atoms with Crippen LogP contribution < -0.4 is 15.2 Å². The fraction of sp³-hybridized carbons (Fsp3) is 0.455. The summed E-state index contributed by atoms with van der Waals surface area (Å²) in [7, 11) is 0. The van der Waals surface area contributed by atoms with Gasteiger partial charge in [-0.3, -0.25) is 0 Å². The summed E-state index contributed by atoms with van der Waals surface area (Å²) in [4.78, 5) is 0. The Labute approximate surface area is 105 Å². The molecule has 1 aliphatic heterocycles. The van der Waals surface area contributed by atoms with Crippen molar-refractivity contribution in [2.24, 2.45) is 11.7 Å². The molecule has 3 rings (SSSR count). The van der Waals surface area contributed by atoms with Gasteiger partial charge in [0.25, 0.3) is 0 Å². The van der Waals surface area contributed by atoms with Crippen molar-refractivity contribution in [3.63, 3.8) is 0 Å². The summed E-state index contributed by atoms with van der Waals surface area (Å²) < 4.78 is 10.6. The summed E-state index contributed by atoms with van der Waals surface area (Å²) >= 11 is 6.16. The summed E-state index contributed by atoms with van der Waals surface area (Å²) in [6, 6.07) is 3.74. The average molecular weight is 262 g/mol. The van der Waals surface area contributed by atoms with Crippen LogP contribution in [0.2, 0.25) is 5.02 Å². The van der Waals surface area contributed by atoms with Gasteiger partial charge in [-0.25, -0.2) is 0 Å². The molecule has 0 saturated heterocycles. The fourth-order valence-electron chi connectivity index (χ4n) is 1.90. The Morgan fingerprint density at radius 1 is 1.25 bits per heavy atom. The van der Waals surface area contributed by atoms with Gasteiger partial charge in [0.05, 0.1) is 0 Å². The zero-order valence-corrected chi connectivity index (χ0v) is 10.2. The van der Waals surface area contributed by atoms with Gasteiger partial charge in [-0.1, -0.05) is 11.6 Å². The Morgan fingerprint density at radius 2 is 1.88 bits per heavy atom. The molecule has 0 amide bonds. The maximum Gasteiger partial charge on any atom is 0.231 e. The van der Waals surface area contributed by atoms with Crippen molar-refractivity contribution in [2.75, 3.05) is 6.79 Å². The van der Waals surface area contributed by atoms with Gasteiger partial charge in [-0.2, -0.15) is 0 Å². The van der Waals surface area contributed by atoms with Gasteiger partial charge in [-0.15, -0.1) is 12.4 Å². The average Bonchev–Trinajstić information content (AvgIpc) is 2.97. The summed E-state index contributed by atoms with van der Waals surface area (Å²) in [6.07, 6.45) is 2.40. The maximum absolute atomic E-state index is 6.16. The van der Waals surface area contributed by atoms with E-state index >= 15 is 0 Å². The normalized spacial score (nSPS) is 19.1. The standard InChI is InChI=1S/C11H12ClNO2.ClH/c12-8-4-10-9(14-5-15-10)3-7(8)11(13)6-1-2-6;/h3-4,6,11H,1-2,5,13H2;1H/t11-;/m1./s1. The quantitative estimate of drug-likeness (QED) is 0.891. The van der Waals surface area contributed by atoms with Crippen molar-refractivity contribution in [3.8, 4) is 11.5 Å². The summed E-state index contributed by atoms with van der Waals surface area (Å²) in [6.45, 7) is 0.272. The van der Waals surface area contributed by atoms with Gasteiger partial charge in [0.15, 0.2) is 11.5 Å². The molecule has 1 aromatic carbocycles. The van der Waals surface area contributed by atoms with Crippen LogP contribution in [0.4, 0.5) is 0 Å². The van der Waals surface area contributed by atoms with Crippen molar-refractivity contribution in [3.05, 3.63) is 22.7 Å². The Hall–Kier alpha value is -0.640. The topological polar surface area (TPSA) is 44.5 Å². The smallest absolute Gasteiger partial charge is 0.231 e. The SMILES string of the molecule is Cl.N[C@@H](c1cc2c(cc1Cl)OCO2)C1CC1. The van der Waals surface area contributed by atoms with Crippen LogP contribution >= 0.6 is 24.0 Å². The van der Waals surface area contributed by atoms with E-state index < -0.39 is 0 Å². The molecule has 0 aromatic heterocycles. The number of nitrogens with two attached hydrogens (primary N) is 1. The lowest BCUT2D eigenvalue weighted by Gasteiger charge is -2.13. The predicted octanol–water partition coefficient (Wildman–Crippen LogP) is 2.90.